The quantitative estimate of drug-likeness (QED) is 0.370. The Kier molecular flexibility index (Phi) is 5.40. The van der Waals surface area contributed by atoms with Crippen LogP contribution in [0.15, 0.2) is 53.7 Å². The number of nitrogens with zero attached hydrogens (tertiary/aromatic N) is 3. The zero-order valence-electron chi connectivity index (χ0n) is 16.5. The zero-order chi connectivity index (χ0) is 21.5. The molecule has 3 heterocycles. The Morgan fingerprint density at radius 1 is 1.10 bits per heavy atom. The van der Waals surface area contributed by atoms with Crippen molar-refractivity contribution in [2.45, 2.75) is 25.0 Å². The Labute approximate surface area is 188 Å². The van der Waals surface area contributed by atoms with Gasteiger partial charge < -0.3 is 9.84 Å². The predicted octanol–water partition coefficient (Wildman–Crippen LogP) is 4.16. The first-order valence-corrected chi connectivity index (χ1v) is 10.8. The van der Waals surface area contributed by atoms with Crippen LogP contribution in [0.4, 0.5) is 0 Å². The first kappa shape index (κ1) is 20.4. The van der Waals surface area contributed by atoms with E-state index < -0.39 is 6.10 Å². The van der Waals surface area contributed by atoms with Crippen molar-refractivity contribution in [3.63, 3.8) is 0 Å². The molecule has 1 fully saturated rings. The second-order valence-corrected chi connectivity index (χ2v) is 8.50. The highest BCUT2D eigenvalue weighted by Gasteiger charge is 2.27. The fourth-order valence-corrected chi connectivity index (χ4v) is 4.61. The molecule has 5 rings (SSSR count). The van der Waals surface area contributed by atoms with Crippen molar-refractivity contribution in [1.29, 1.82) is 0 Å². The summed E-state index contributed by atoms with van der Waals surface area (Å²) in [6.07, 6.45) is 3.37. The number of benzene rings is 2. The molecular weight excluding hydrogens is 437 g/mol. The van der Waals surface area contributed by atoms with Gasteiger partial charge in [0.1, 0.15) is 5.15 Å². The molecule has 0 unspecified atom stereocenters. The van der Waals surface area contributed by atoms with Crippen molar-refractivity contribution in [2.24, 2.45) is 0 Å². The van der Waals surface area contributed by atoms with Crippen LogP contribution in [0.25, 0.3) is 21.7 Å². The minimum Gasteiger partial charge on any atom is -0.389 e. The first-order chi connectivity index (χ1) is 15.0. The maximum absolute atomic E-state index is 13.5. The van der Waals surface area contributed by atoms with Gasteiger partial charge in [-0.25, -0.2) is 9.97 Å². The van der Waals surface area contributed by atoms with Crippen LogP contribution in [0.5, 0.6) is 0 Å². The molecular formula is C23H19Cl2N3O3. The summed E-state index contributed by atoms with van der Waals surface area (Å²) in [5, 5.41) is 13.6. The largest absolute Gasteiger partial charge is 0.389 e. The van der Waals surface area contributed by atoms with Crippen LogP contribution >= 0.6 is 23.2 Å². The molecule has 31 heavy (non-hydrogen) atoms. The Bertz CT molecular complexity index is 1360. The fourth-order valence-electron chi connectivity index (χ4n) is 4.26. The minimum atomic E-state index is -0.747. The molecule has 0 bridgehead atoms. The van der Waals surface area contributed by atoms with Crippen LogP contribution in [0.3, 0.4) is 0 Å². The van der Waals surface area contributed by atoms with Gasteiger partial charge in [0.15, 0.2) is 0 Å². The van der Waals surface area contributed by atoms with E-state index in [1.165, 1.54) is 17.1 Å². The van der Waals surface area contributed by atoms with Gasteiger partial charge in [0.05, 0.1) is 41.0 Å². The standard InChI is InChI=1S/C23H19Cl2N3O3/c24-18-10-26-21(25)9-14(18)7-13-8-17-22(16-4-2-1-3-15(13)16)27-12-28(23(17)30)19-5-6-31-11-20(19)29/h1-4,8-10,12,19-20,29H,5-7,11H2/t19-,20-/m0/s1. The van der Waals surface area contributed by atoms with Crippen LogP contribution in [0.1, 0.15) is 23.6 Å². The number of rotatable bonds is 3. The predicted molar refractivity (Wildman–Crippen MR) is 121 cm³/mol. The number of aromatic nitrogens is 3. The molecule has 2 aromatic carbocycles. The number of aliphatic hydroxyl groups excluding tert-OH is 1. The lowest BCUT2D eigenvalue weighted by atomic mass is 9.96. The Morgan fingerprint density at radius 2 is 1.90 bits per heavy atom. The van der Waals surface area contributed by atoms with Crippen LogP contribution in [0, 0.1) is 0 Å². The lowest BCUT2D eigenvalue weighted by Crippen LogP contribution is -2.39. The van der Waals surface area contributed by atoms with Crippen LogP contribution < -0.4 is 5.56 Å². The van der Waals surface area contributed by atoms with Crippen LogP contribution in [0.2, 0.25) is 10.2 Å². The molecule has 1 aliphatic heterocycles. The summed E-state index contributed by atoms with van der Waals surface area (Å²) >= 11 is 12.4. The zero-order valence-corrected chi connectivity index (χ0v) is 18.0. The van der Waals surface area contributed by atoms with E-state index in [4.69, 9.17) is 27.9 Å². The highest BCUT2D eigenvalue weighted by molar-refractivity contribution is 6.32. The molecule has 4 aromatic rings. The molecule has 158 valence electrons. The molecule has 2 atom stereocenters. The third-order valence-corrected chi connectivity index (χ3v) is 6.36. The van der Waals surface area contributed by atoms with Crippen molar-refractivity contribution in [3.05, 3.63) is 80.6 Å². The maximum Gasteiger partial charge on any atom is 0.261 e. The van der Waals surface area contributed by atoms with Gasteiger partial charge in [-0.15, -0.1) is 0 Å². The summed E-state index contributed by atoms with van der Waals surface area (Å²) in [5.41, 5.74) is 2.23. The van der Waals surface area contributed by atoms with E-state index in [-0.39, 0.29) is 18.2 Å². The monoisotopic (exact) mass is 455 g/mol. The Morgan fingerprint density at radius 3 is 2.71 bits per heavy atom. The molecule has 0 spiro atoms. The lowest BCUT2D eigenvalue weighted by molar-refractivity contribution is -0.0395. The number of hydrogen-bond donors (Lipinski definition) is 1. The van der Waals surface area contributed by atoms with Gasteiger partial charge in [-0.1, -0.05) is 47.5 Å². The van der Waals surface area contributed by atoms with E-state index in [0.717, 1.165) is 21.9 Å². The number of halogens is 2. The van der Waals surface area contributed by atoms with Crippen molar-refractivity contribution in [2.75, 3.05) is 13.2 Å². The van der Waals surface area contributed by atoms with Crippen molar-refractivity contribution < 1.29 is 9.84 Å². The molecule has 0 saturated carbocycles. The fraction of sp³-hybridized carbons (Fsp3) is 0.261. The molecule has 2 aromatic heterocycles. The van der Waals surface area contributed by atoms with Gasteiger partial charge in [-0.05, 0) is 41.5 Å². The van der Waals surface area contributed by atoms with Gasteiger partial charge in [-0.2, -0.15) is 0 Å². The summed E-state index contributed by atoms with van der Waals surface area (Å²) in [5.74, 6) is 0. The third kappa shape index (κ3) is 3.70. The van der Waals surface area contributed by atoms with Gasteiger partial charge >= 0.3 is 0 Å². The lowest BCUT2D eigenvalue weighted by Gasteiger charge is -2.29. The van der Waals surface area contributed by atoms with Crippen LogP contribution in [-0.2, 0) is 11.2 Å². The second-order valence-electron chi connectivity index (χ2n) is 7.71. The van der Waals surface area contributed by atoms with E-state index in [1.54, 1.807) is 6.07 Å². The number of hydrogen-bond acceptors (Lipinski definition) is 5. The molecule has 0 amide bonds. The maximum atomic E-state index is 13.5. The van der Waals surface area contributed by atoms with E-state index in [2.05, 4.69) is 9.97 Å². The summed E-state index contributed by atoms with van der Waals surface area (Å²) in [6, 6.07) is 11.1. The first-order valence-electron chi connectivity index (χ1n) is 10.00. The normalized spacial score (nSPS) is 19.2. The van der Waals surface area contributed by atoms with E-state index in [0.29, 0.717) is 40.5 Å². The average molecular weight is 456 g/mol. The van der Waals surface area contributed by atoms with Crippen molar-refractivity contribution in [3.8, 4) is 0 Å². The topological polar surface area (TPSA) is 77.2 Å². The molecule has 1 aliphatic rings. The van der Waals surface area contributed by atoms with Gasteiger partial charge in [0.2, 0.25) is 0 Å². The Balaban J connectivity index is 1.72. The summed E-state index contributed by atoms with van der Waals surface area (Å²) in [7, 11) is 0. The number of ether oxygens (including phenoxy) is 1. The smallest absolute Gasteiger partial charge is 0.261 e. The minimum absolute atomic E-state index is 0.179. The van der Waals surface area contributed by atoms with Gasteiger partial charge in [0, 0.05) is 18.2 Å². The molecule has 6 nitrogen and oxygen atoms in total. The van der Waals surface area contributed by atoms with Gasteiger partial charge in [0.25, 0.3) is 5.56 Å². The molecule has 8 heteroatoms. The van der Waals surface area contributed by atoms with Crippen molar-refractivity contribution in [1.82, 2.24) is 14.5 Å². The van der Waals surface area contributed by atoms with Crippen molar-refractivity contribution >= 4 is 44.9 Å². The van der Waals surface area contributed by atoms with E-state index in [9.17, 15) is 9.90 Å². The Hall–Kier alpha value is -2.51. The average Bonchev–Trinajstić information content (AvgIpc) is 2.78. The highest BCUT2D eigenvalue weighted by Crippen LogP contribution is 2.30. The van der Waals surface area contributed by atoms with E-state index in [1.807, 2.05) is 30.3 Å². The third-order valence-electron chi connectivity index (χ3n) is 5.81. The number of aliphatic hydroxyl groups is 1. The molecule has 0 aliphatic carbocycles. The molecule has 0 radical (unpaired) electrons. The molecule has 1 saturated heterocycles. The summed E-state index contributed by atoms with van der Waals surface area (Å²) in [6.45, 7) is 0.704. The summed E-state index contributed by atoms with van der Waals surface area (Å²) in [4.78, 5) is 22.1. The highest BCUT2D eigenvalue weighted by atomic mass is 35.5. The SMILES string of the molecule is O=c1c2cc(Cc3cc(Cl)ncc3Cl)c3ccccc3c2ncn1[C@H]1CCOC[C@@H]1O. The number of fused-ring (bicyclic) bond motifs is 3. The second kappa shape index (κ2) is 8.20. The number of pyridine rings is 1. The summed E-state index contributed by atoms with van der Waals surface area (Å²) < 4.78 is 6.84. The molecule has 1 N–H and O–H groups in total. The van der Waals surface area contributed by atoms with E-state index >= 15 is 0 Å². The van der Waals surface area contributed by atoms with Gasteiger partial charge in [-0.3, -0.25) is 9.36 Å². The van der Waals surface area contributed by atoms with Crippen LogP contribution in [-0.4, -0.2) is 39.0 Å².